The minimum atomic E-state index is -0.537. The Labute approximate surface area is 102 Å². The third-order valence-corrected chi connectivity index (χ3v) is 2.85. The summed E-state index contributed by atoms with van der Waals surface area (Å²) < 4.78 is 19.3. The standard InChI is InChI=1S/C14H21FO2/c1-4-7-11(16)12(5-2)17-13-9-6-8-10(3)14(13)15/h6,8-9,11-12,16H,4-5,7H2,1-3H3. The molecule has 3 heteroatoms. The van der Waals surface area contributed by atoms with Crippen molar-refractivity contribution in [1.82, 2.24) is 0 Å². The van der Waals surface area contributed by atoms with Gasteiger partial charge in [0, 0.05) is 0 Å². The molecule has 0 spiro atoms. The Hall–Kier alpha value is -1.09. The smallest absolute Gasteiger partial charge is 0.167 e. The summed E-state index contributed by atoms with van der Waals surface area (Å²) in [5, 5.41) is 9.88. The summed E-state index contributed by atoms with van der Waals surface area (Å²) in [4.78, 5) is 0. The van der Waals surface area contributed by atoms with Gasteiger partial charge in [0.25, 0.3) is 0 Å². The molecule has 0 saturated heterocycles. The number of aliphatic hydroxyl groups excluding tert-OH is 1. The van der Waals surface area contributed by atoms with Crippen molar-refractivity contribution in [1.29, 1.82) is 0 Å². The molecule has 1 aromatic rings. The maximum absolute atomic E-state index is 13.7. The molecule has 0 aliphatic rings. The van der Waals surface area contributed by atoms with Gasteiger partial charge in [0.05, 0.1) is 6.10 Å². The molecule has 0 aliphatic carbocycles. The van der Waals surface area contributed by atoms with Crippen LogP contribution in [0.3, 0.4) is 0 Å². The number of halogens is 1. The van der Waals surface area contributed by atoms with E-state index in [1.807, 2.05) is 13.8 Å². The molecule has 0 heterocycles. The maximum atomic E-state index is 13.7. The van der Waals surface area contributed by atoms with Gasteiger partial charge in [-0.05, 0) is 31.4 Å². The Morgan fingerprint density at radius 3 is 2.65 bits per heavy atom. The van der Waals surface area contributed by atoms with Crippen molar-refractivity contribution in [2.75, 3.05) is 0 Å². The molecular weight excluding hydrogens is 219 g/mol. The first-order valence-corrected chi connectivity index (χ1v) is 6.20. The van der Waals surface area contributed by atoms with Crippen LogP contribution in [0.25, 0.3) is 0 Å². The molecule has 1 rings (SSSR count). The average molecular weight is 240 g/mol. The zero-order chi connectivity index (χ0) is 12.8. The minimum absolute atomic E-state index is 0.229. The molecule has 2 nitrogen and oxygen atoms in total. The van der Waals surface area contributed by atoms with E-state index in [0.29, 0.717) is 18.4 Å². The first kappa shape index (κ1) is 14.0. The molecule has 0 fully saturated rings. The van der Waals surface area contributed by atoms with Crippen molar-refractivity contribution in [3.8, 4) is 5.75 Å². The highest BCUT2D eigenvalue weighted by molar-refractivity contribution is 5.30. The number of rotatable bonds is 6. The summed E-state index contributed by atoms with van der Waals surface area (Å²) in [6.45, 7) is 5.63. The summed E-state index contributed by atoms with van der Waals surface area (Å²) in [5.41, 5.74) is 0.558. The average Bonchev–Trinajstić information content (AvgIpc) is 2.31. The summed E-state index contributed by atoms with van der Waals surface area (Å²) >= 11 is 0. The quantitative estimate of drug-likeness (QED) is 0.825. The normalized spacial score (nSPS) is 14.4. The Kier molecular flexibility index (Phi) is 5.42. The summed E-state index contributed by atoms with van der Waals surface area (Å²) in [6, 6.07) is 5.06. The van der Waals surface area contributed by atoms with Crippen LogP contribution in [0.2, 0.25) is 0 Å². The van der Waals surface area contributed by atoms with E-state index in [0.717, 1.165) is 6.42 Å². The van der Waals surface area contributed by atoms with Gasteiger partial charge >= 0.3 is 0 Å². The van der Waals surface area contributed by atoms with Gasteiger partial charge in [0.15, 0.2) is 11.6 Å². The largest absolute Gasteiger partial charge is 0.485 e. The molecule has 0 aliphatic heterocycles. The summed E-state index contributed by atoms with van der Waals surface area (Å²) in [5.74, 6) is -0.110. The molecule has 2 atom stereocenters. The third kappa shape index (κ3) is 3.70. The lowest BCUT2D eigenvalue weighted by Gasteiger charge is -2.23. The molecule has 17 heavy (non-hydrogen) atoms. The highest BCUT2D eigenvalue weighted by Gasteiger charge is 2.20. The first-order valence-electron chi connectivity index (χ1n) is 6.20. The van der Waals surface area contributed by atoms with Crippen LogP contribution in [0.4, 0.5) is 4.39 Å². The lowest BCUT2D eigenvalue weighted by Crippen LogP contribution is -2.31. The van der Waals surface area contributed by atoms with Crippen molar-refractivity contribution in [3.63, 3.8) is 0 Å². The molecule has 0 saturated carbocycles. The fourth-order valence-corrected chi connectivity index (χ4v) is 1.79. The summed E-state index contributed by atoms with van der Waals surface area (Å²) in [7, 11) is 0. The predicted molar refractivity (Wildman–Crippen MR) is 66.8 cm³/mol. The number of hydrogen-bond donors (Lipinski definition) is 1. The van der Waals surface area contributed by atoms with Gasteiger partial charge in [0.2, 0.25) is 0 Å². The van der Waals surface area contributed by atoms with Gasteiger partial charge in [-0.3, -0.25) is 0 Å². The lowest BCUT2D eigenvalue weighted by atomic mass is 10.1. The molecule has 0 amide bonds. The molecule has 2 unspecified atom stereocenters. The lowest BCUT2D eigenvalue weighted by molar-refractivity contribution is 0.0262. The van der Waals surface area contributed by atoms with Gasteiger partial charge < -0.3 is 9.84 Å². The number of hydrogen-bond acceptors (Lipinski definition) is 2. The fourth-order valence-electron chi connectivity index (χ4n) is 1.79. The van der Waals surface area contributed by atoms with E-state index in [2.05, 4.69) is 0 Å². The van der Waals surface area contributed by atoms with Crippen LogP contribution < -0.4 is 4.74 Å². The zero-order valence-corrected chi connectivity index (χ0v) is 10.7. The molecule has 0 aromatic heterocycles. The Balaban J connectivity index is 2.77. The van der Waals surface area contributed by atoms with Crippen LogP contribution in [0, 0.1) is 12.7 Å². The molecule has 1 aromatic carbocycles. The molecule has 0 bridgehead atoms. The Morgan fingerprint density at radius 2 is 2.06 bits per heavy atom. The zero-order valence-electron chi connectivity index (χ0n) is 10.7. The highest BCUT2D eigenvalue weighted by Crippen LogP contribution is 2.23. The van der Waals surface area contributed by atoms with Gasteiger partial charge in [-0.2, -0.15) is 0 Å². The second kappa shape index (κ2) is 6.60. The second-order valence-electron chi connectivity index (χ2n) is 4.31. The van der Waals surface area contributed by atoms with Crippen LogP contribution in [0.1, 0.15) is 38.7 Å². The summed E-state index contributed by atoms with van der Waals surface area (Å²) in [6.07, 6.45) is 1.34. The number of ether oxygens (including phenoxy) is 1. The van der Waals surface area contributed by atoms with E-state index in [9.17, 15) is 9.50 Å². The monoisotopic (exact) mass is 240 g/mol. The van der Waals surface area contributed by atoms with Crippen LogP contribution in [0.5, 0.6) is 5.75 Å². The van der Waals surface area contributed by atoms with E-state index in [1.165, 1.54) is 0 Å². The minimum Gasteiger partial charge on any atom is -0.485 e. The van der Waals surface area contributed by atoms with Crippen molar-refractivity contribution in [2.45, 2.75) is 52.2 Å². The Bertz CT molecular complexity index is 352. The Morgan fingerprint density at radius 1 is 1.35 bits per heavy atom. The van der Waals surface area contributed by atoms with Gasteiger partial charge in [0.1, 0.15) is 6.10 Å². The van der Waals surface area contributed by atoms with Crippen LogP contribution in [0.15, 0.2) is 18.2 Å². The fraction of sp³-hybridized carbons (Fsp3) is 0.571. The van der Waals surface area contributed by atoms with Gasteiger partial charge in [-0.15, -0.1) is 0 Å². The third-order valence-electron chi connectivity index (χ3n) is 2.85. The van der Waals surface area contributed by atoms with Crippen LogP contribution in [-0.4, -0.2) is 17.3 Å². The number of aryl methyl sites for hydroxylation is 1. The van der Waals surface area contributed by atoms with Crippen molar-refractivity contribution in [2.24, 2.45) is 0 Å². The number of aliphatic hydroxyl groups is 1. The SMILES string of the molecule is CCCC(O)C(CC)Oc1cccc(C)c1F. The van der Waals surface area contributed by atoms with Crippen molar-refractivity contribution >= 4 is 0 Å². The van der Waals surface area contributed by atoms with E-state index >= 15 is 0 Å². The maximum Gasteiger partial charge on any atom is 0.167 e. The van der Waals surface area contributed by atoms with E-state index < -0.39 is 6.10 Å². The van der Waals surface area contributed by atoms with Crippen molar-refractivity contribution < 1.29 is 14.2 Å². The van der Waals surface area contributed by atoms with E-state index in [1.54, 1.807) is 25.1 Å². The molecule has 1 N–H and O–H groups in total. The molecular formula is C14H21FO2. The van der Waals surface area contributed by atoms with E-state index in [-0.39, 0.29) is 17.7 Å². The van der Waals surface area contributed by atoms with Gasteiger partial charge in [-0.25, -0.2) is 4.39 Å². The topological polar surface area (TPSA) is 29.5 Å². The number of benzene rings is 1. The van der Waals surface area contributed by atoms with Gasteiger partial charge in [-0.1, -0.05) is 32.4 Å². The first-order chi connectivity index (χ1) is 8.10. The highest BCUT2D eigenvalue weighted by atomic mass is 19.1. The van der Waals surface area contributed by atoms with E-state index in [4.69, 9.17) is 4.74 Å². The molecule has 96 valence electrons. The second-order valence-corrected chi connectivity index (χ2v) is 4.31. The molecule has 0 radical (unpaired) electrons. The van der Waals surface area contributed by atoms with Crippen LogP contribution >= 0.6 is 0 Å². The van der Waals surface area contributed by atoms with Crippen LogP contribution in [-0.2, 0) is 0 Å². The predicted octanol–water partition coefficient (Wildman–Crippen LogP) is 3.45. The van der Waals surface area contributed by atoms with Crippen molar-refractivity contribution in [3.05, 3.63) is 29.6 Å².